The molecule has 4 N–H and O–H groups in total. The van der Waals surface area contributed by atoms with Crippen LogP contribution >= 0.6 is 0 Å². The van der Waals surface area contributed by atoms with Crippen LogP contribution in [0.15, 0.2) is 73.8 Å². The molecule has 0 saturated carbocycles. The van der Waals surface area contributed by atoms with Crippen LogP contribution in [0, 0.1) is 20.2 Å². The second-order valence-electron chi connectivity index (χ2n) is 7.08. The molecule has 10 nitrogen and oxygen atoms in total. The van der Waals surface area contributed by atoms with E-state index in [0.717, 1.165) is 5.56 Å². The van der Waals surface area contributed by atoms with E-state index in [-0.39, 0.29) is 23.5 Å². The Kier molecular flexibility index (Phi) is 12.8. The fourth-order valence-electron chi connectivity index (χ4n) is 2.35. The molecule has 176 valence electrons. The van der Waals surface area contributed by atoms with E-state index in [0.29, 0.717) is 12.0 Å². The summed E-state index contributed by atoms with van der Waals surface area (Å²) in [5.74, 6) is -0.0927. The number of rotatable bonds is 8. The molecular weight excluding hydrogens is 429 g/mol. The normalized spacial score (nSPS) is 11.3. The lowest BCUT2D eigenvalue weighted by Gasteiger charge is -2.23. The molecule has 0 aromatic heterocycles. The fraction of sp³-hybridized carbons (Fsp3) is 0.227. The van der Waals surface area contributed by atoms with Gasteiger partial charge in [0.25, 0.3) is 11.4 Å². The Morgan fingerprint density at radius 3 is 1.70 bits per heavy atom. The first kappa shape index (κ1) is 29.3. The third-order valence-electron chi connectivity index (χ3n) is 4.17. The molecule has 2 aromatic carbocycles. The Morgan fingerprint density at radius 1 is 1.00 bits per heavy atom. The van der Waals surface area contributed by atoms with Gasteiger partial charge in [0, 0.05) is 35.4 Å². The summed E-state index contributed by atoms with van der Waals surface area (Å²) in [6.07, 6.45) is 4.07. The molecule has 0 radical (unpaired) electrons. The van der Waals surface area contributed by atoms with E-state index < -0.39 is 22.5 Å². The van der Waals surface area contributed by atoms with Crippen LogP contribution in [0.3, 0.4) is 0 Å². The van der Waals surface area contributed by atoms with Crippen molar-refractivity contribution in [1.82, 2.24) is 0 Å². The number of hydrogen-bond acceptors (Lipinski definition) is 8. The average molecular weight is 457 g/mol. The van der Waals surface area contributed by atoms with Gasteiger partial charge in [-0.1, -0.05) is 24.3 Å². The first-order valence-electron chi connectivity index (χ1n) is 9.72. The van der Waals surface area contributed by atoms with Gasteiger partial charge in [0.1, 0.15) is 0 Å². The predicted octanol–water partition coefficient (Wildman–Crippen LogP) is 3.79. The van der Waals surface area contributed by atoms with Crippen molar-refractivity contribution in [2.75, 3.05) is 0 Å². The number of benzene rings is 2. The minimum absolute atomic E-state index is 0.000000000000000222. The number of nitro benzene ring substituents is 2. The van der Waals surface area contributed by atoms with Crippen molar-refractivity contribution in [1.29, 1.82) is 0 Å². The zero-order valence-electron chi connectivity index (χ0n) is 18.6. The summed E-state index contributed by atoms with van der Waals surface area (Å²) >= 11 is 0. The molecule has 2 rings (SSSR count). The van der Waals surface area contributed by atoms with Gasteiger partial charge in [-0.15, -0.1) is 13.2 Å². The smallest absolute Gasteiger partial charge is 0.427 e. The predicted molar refractivity (Wildman–Crippen MR) is 128 cm³/mol. The van der Waals surface area contributed by atoms with Crippen molar-refractivity contribution >= 4 is 24.3 Å². The van der Waals surface area contributed by atoms with Crippen molar-refractivity contribution < 1.29 is 24.7 Å². The highest BCUT2D eigenvalue weighted by Crippen LogP contribution is 2.24. The first-order chi connectivity index (χ1) is 15.3. The van der Waals surface area contributed by atoms with Gasteiger partial charge >= 0.3 is 7.12 Å². The molecule has 0 aliphatic heterocycles. The van der Waals surface area contributed by atoms with Gasteiger partial charge < -0.3 is 15.8 Å². The maximum atomic E-state index is 10.8. The zero-order chi connectivity index (χ0) is 25.6. The number of allylic oxidation sites excluding steroid dienone is 1. The maximum absolute atomic E-state index is 10.8. The van der Waals surface area contributed by atoms with Gasteiger partial charge in [-0.25, -0.2) is 0 Å². The second kappa shape index (κ2) is 14.4. The number of nitrogens with zero attached hydrogens (tertiary/aromatic N) is 2. The van der Waals surface area contributed by atoms with Crippen LogP contribution in [-0.4, -0.2) is 32.8 Å². The summed E-state index contributed by atoms with van der Waals surface area (Å²) in [5, 5.41) is 36.7. The molecule has 11 heteroatoms. The number of ketones is 1. The number of nitrogens with two attached hydrogens (primary N) is 1. The van der Waals surface area contributed by atoms with E-state index in [1.54, 1.807) is 18.2 Å². The number of hydrogen-bond donors (Lipinski definition) is 3. The quantitative estimate of drug-likeness (QED) is 0.177. The number of nitro groups is 2. The summed E-state index contributed by atoms with van der Waals surface area (Å²) in [6.45, 7) is 10.2. The molecule has 0 fully saturated rings. The van der Waals surface area contributed by atoms with E-state index in [4.69, 9.17) is 15.8 Å². The molecule has 33 heavy (non-hydrogen) atoms. The van der Waals surface area contributed by atoms with Crippen LogP contribution in [0.1, 0.15) is 36.2 Å². The molecule has 2 aromatic rings. The van der Waals surface area contributed by atoms with Crippen LogP contribution in [0.2, 0.25) is 6.32 Å². The molecule has 1 atom stereocenters. The van der Waals surface area contributed by atoms with Crippen LogP contribution in [0.5, 0.6) is 0 Å². The van der Waals surface area contributed by atoms with E-state index in [1.807, 2.05) is 6.92 Å². The van der Waals surface area contributed by atoms with Gasteiger partial charge in [0.15, 0.2) is 5.78 Å². The highest BCUT2D eigenvalue weighted by atomic mass is 16.6. The topological polar surface area (TPSA) is 170 Å². The van der Waals surface area contributed by atoms with Crippen molar-refractivity contribution in [3.05, 3.63) is 105 Å². The number of carbonyl (C=O) groups excluding carboxylic acids is 1. The Labute approximate surface area is 192 Å². The first-order valence-corrected chi connectivity index (χ1v) is 9.72. The van der Waals surface area contributed by atoms with Crippen molar-refractivity contribution in [2.24, 2.45) is 5.73 Å². The van der Waals surface area contributed by atoms with Gasteiger partial charge in [-0.05, 0) is 44.3 Å². The molecular formula is C22H28BN3O7. The highest BCUT2D eigenvalue weighted by molar-refractivity contribution is 6.41. The Morgan fingerprint density at radius 2 is 1.42 bits per heavy atom. The molecule has 0 aliphatic carbocycles. The van der Waals surface area contributed by atoms with Crippen LogP contribution < -0.4 is 5.73 Å². The minimum atomic E-state index is -1.22. The minimum Gasteiger partial charge on any atom is -0.427 e. The molecule has 0 spiro atoms. The van der Waals surface area contributed by atoms with Crippen molar-refractivity contribution in [2.45, 2.75) is 32.1 Å². The van der Waals surface area contributed by atoms with E-state index in [1.165, 1.54) is 49.4 Å². The standard InChI is InChI=1S/C11H14N2O2.C8H7NO3.C3H7BO2/c1-3-8-11(2,12)9-4-6-10(7-5-9)13(14)15;1-6(10)7-2-4-8(5-3-7)9(11)12;1-2-3-4(5)6/h3-7H,1,8,12H2,2H3;2-5H,1H3;2,5-6H,1,3H2. The van der Waals surface area contributed by atoms with Crippen LogP contribution in [0.4, 0.5) is 11.4 Å². The number of carbonyl (C=O) groups is 1. The van der Waals surface area contributed by atoms with E-state index >= 15 is 0 Å². The second-order valence-corrected chi connectivity index (χ2v) is 7.08. The largest absolute Gasteiger partial charge is 0.455 e. The SMILES string of the molecule is C=CCB(O)O.C=CCC(C)(N)c1ccc([N+](=O)[O-])cc1.CC(=O)c1ccc([N+](=O)[O-])cc1. The van der Waals surface area contributed by atoms with Gasteiger partial charge in [-0.2, -0.15) is 0 Å². The number of Topliss-reactive ketones (excluding diaryl/α,β-unsaturated/α-hetero) is 1. The van der Waals surface area contributed by atoms with Gasteiger partial charge in [0.2, 0.25) is 0 Å². The Bertz CT molecular complexity index is 910. The lowest BCUT2D eigenvalue weighted by molar-refractivity contribution is -0.385. The van der Waals surface area contributed by atoms with Gasteiger partial charge in [0.05, 0.1) is 9.85 Å². The summed E-state index contributed by atoms with van der Waals surface area (Å²) < 4.78 is 0. The van der Waals surface area contributed by atoms with E-state index in [2.05, 4.69) is 13.2 Å². The third kappa shape index (κ3) is 11.5. The maximum Gasteiger partial charge on any atom is 0.455 e. The molecule has 0 saturated heterocycles. The number of non-ortho nitro benzene ring substituents is 2. The molecule has 1 unspecified atom stereocenters. The fourth-order valence-corrected chi connectivity index (χ4v) is 2.35. The average Bonchev–Trinajstić information content (AvgIpc) is 2.74. The van der Waals surface area contributed by atoms with Crippen molar-refractivity contribution in [3.8, 4) is 0 Å². The monoisotopic (exact) mass is 457 g/mol. The third-order valence-corrected chi connectivity index (χ3v) is 4.17. The van der Waals surface area contributed by atoms with Crippen LogP contribution in [-0.2, 0) is 5.54 Å². The molecule has 0 heterocycles. The van der Waals surface area contributed by atoms with Gasteiger partial charge in [-0.3, -0.25) is 25.0 Å². The summed E-state index contributed by atoms with van der Waals surface area (Å²) in [7, 11) is -1.22. The zero-order valence-corrected chi connectivity index (χ0v) is 18.6. The van der Waals surface area contributed by atoms with Crippen molar-refractivity contribution in [3.63, 3.8) is 0 Å². The van der Waals surface area contributed by atoms with Crippen LogP contribution in [0.25, 0.3) is 0 Å². The lowest BCUT2D eigenvalue weighted by Crippen LogP contribution is -2.32. The highest BCUT2D eigenvalue weighted by Gasteiger charge is 2.20. The summed E-state index contributed by atoms with van der Waals surface area (Å²) in [4.78, 5) is 30.5. The lowest BCUT2D eigenvalue weighted by atomic mass is 9.87. The molecule has 0 aliphatic rings. The van der Waals surface area contributed by atoms with E-state index in [9.17, 15) is 25.0 Å². The Hall–Kier alpha value is -3.67. The Balaban J connectivity index is 0.000000509. The summed E-state index contributed by atoms with van der Waals surface area (Å²) in [6, 6.07) is 11.8. The molecule has 0 bridgehead atoms. The molecule has 0 amide bonds. The summed E-state index contributed by atoms with van der Waals surface area (Å²) in [5.41, 5.74) is 6.95.